The van der Waals surface area contributed by atoms with E-state index in [2.05, 4.69) is 5.32 Å². The van der Waals surface area contributed by atoms with Gasteiger partial charge in [0.05, 0.1) is 13.2 Å². The van der Waals surface area contributed by atoms with E-state index >= 15 is 0 Å². The minimum absolute atomic E-state index is 0.0638. The van der Waals surface area contributed by atoms with E-state index in [0.717, 1.165) is 16.9 Å². The van der Waals surface area contributed by atoms with Gasteiger partial charge in [-0.2, -0.15) is 0 Å². The van der Waals surface area contributed by atoms with Crippen LogP contribution in [0.15, 0.2) is 54.6 Å². The highest BCUT2D eigenvalue weighted by Gasteiger charge is 2.33. The number of ether oxygens (including phenoxy) is 1. The lowest BCUT2D eigenvalue weighted by molar-refractivity contribution is -0.133. The van der Waals surface area contributed by atoms with Gasteiger partial charge in [-0.05, 0) is 36.1 Å². The summed E-state index contributed by atoms with van der Waals surface area (Å²) in [6.07, 6.45) is 1.04. The molecule has 27 heavy (non-hydrogen) atoms. The fraction of sp³-hybridized carbons (Fsp3) is 0.333. The van der Waals surface area contributed by atoms with E-state index in [1.807, 2.05) is 54.6 Å². The monoisotopic (exact) mass is 367 g/mol. The van der Waals surface area contributed by atoms with Gasteiger partial charge in [0.1, 0.15) is 11.8 Å². The first kappa shape index (κ1) is 18.9. The molecule has 6 nitrogen and oxygen atoms in total. The molecule has 6 heteroatoms. The molecule has 1 fully saturated rings. The Labute approximate surface area is 159 Å². The second-order valence-corrected chi connectivity index (χ2v) is 6.75. The van der Waals surface area contributed by atoms with E-state index in [-0.39, 0.29) is 11.8 Å². The number of hydrogen-bond acceptors (Lipinski definition) is 4. The third-order valence-electron chi connectivity index (χ3n) is 4.78. The maximum atomic E-state index is 12.6. The minimum Gasteiger partial charge on any atom is -0.497 e. The van der Waals surface area contributed by atoms with Crippen molar-refractivity contribution in [3.8, 4) is 5.75 Å². The number of nitrogens with one attached hydrogen (secondary N) is 1. The number of likely N-dealkylation sites (tertiary alicyclic amines) is 1. The summed E-state index contributed by atoms with van der Waals surface area (Å²) in [7, 11) is 1.62. The van der Waals surface area contributed by atoms with Crippen LogP contribution in [0.2, 0.25) is 0 Å². The number of carbonyl (C=O) groups is 2. The van der Waals surface area contributed by atoms with Crippen molar-refractivity contribution in [2.24, 2.45) is 5.73 Å². The van der Waals surface area contributed by atoms with Crippen molar-refractivity contribution >= 4 is 11.8 Å². The summed E-state index contributed by atoms with van der Waals surface area (Å²) >= 11 is 0. The molecule has 0 radical (unpaired) electrons. The number of benzene rings is 2. The number of carbonyl (C=O) groups excluding carboxylic acids is 2. The van der Waals surface area contributed by atoms with Crippen LogP contribution in [0.1, 0.15) is 17.5 Å². The van der Waals surface area contributed by atoms with Crippen molar-refractivity contribution in [1.82, 2.24) is 10.2 Å². The molecule has 2 atom stereocenters. The molecule has 2 amide bonds. The number of methoxy groups -OCH3 is 1. The summed E-state index contributed by atoms with van der Waals surface area (Å²) in [5.74, 6) is 0.429. The van der Waals surface area contributed by atoms with Gasteiger partial charge in [0, 0.05) is 13.1 Å². The average Bonchev–Trinajstić information content (AvgIpc) is 3.03. The van der Waals surface area contributed by atoms with Crippen LogP contribution in [0.4, 0.5) is 0 Å². The van der Waals surface area contributed by atoms with Gasteiger partial charge in [0.15, 0.2) is 0 Å². The Morgan fingerprint density at radius 1 is 1.19 bits per heavy atom. The van der Waals surface area contributed by atoms with Crippen molar-refractivity contribution in [2.45, 2.75) is 31.5 Å². The number of rotatable bonds is 7. The summed E-state index contributed by atoms with van der Waals surface area (Å²) < 4.78 is 5.15. The summed E-state index contributed by atoms with van der Waals surface area (Å²) in [4.78, 5) is 26.7. The van der Waals surface area contributed by atoms with E-state index in [9.17, 15) is 9.59 Å². The molecule has 2 aromatic carbocycles. The molecule has 1 heterocycles. The van der Waals surface area contributed by atoms with Crippen molar-refractivity contribution in [1.29, 1.82) is 0 Å². The van der Waals surface area contributed by atoms with Crippen molar-refractivity contribution in [3.05, 3.63) is 65.7 Å². The zero-order valence-electron chi connectivity index (χ0n) is 15.4. The molecule has 2 aromatic rings. The Morgan fingerprint density at radius 2 is 1.89 bits per heavy atom. The lowest BCUT2D eigenvalue weighted by Gasteiger charge is -2.19. The molecule has 0 aromatic heterocycles. The highest BCUT2D eigenvalue weighted by atomic mass is 16.5. The molecular formula is C21H25N3O3. The van der Waals surface area contributed by atoms with E-state index in [0.29, 0.717) is 25.9 Å². The third kappa shape index (κ3) is 4.86. The number of amides is 2. The van der Waals surface area contributed by atoms with Gasteiger partial charge in [0.2, 0.25) is 11.8 Å². The first-order valence-electron chi connectivity index (χ1n) is 9.08. The molecule has 1 aliphatic rings. The van der Waals surface area contributed by atoms with Gasteiger partial charge in [-0.1, -0.05) is 42.5 Å². The van der Waals surface area contributed by atoms with Crippen LogP contribution in [0, 0.1) is 0 Å². The van der Waals surface area contributed by atoms with Gasteiger partial charge in [0.25, 0.3) is 0 Å². The quantitative estimate of drug-likeness (QED) is 0.776. The minimum atomic E-state index is -0.671. The number of nitrogens with two attached hydrogens (primary N) is 1. The van der Waals surface area contributed by atoms with Crippen molar-refractivity contribution in [3.63, 3.8) is 0 Å². The molecule has 1 aliphatic heterocycles. The fourth-order valence-electron chi connectivity index (χ4n) is 3.22. The van der Waals surface area contributed by atoms with Gasteiger partial charge < -0.3 is 20.7 Å². The highest BCUT2D eigenvalue weighted by molar-refractivity contribution is 5.91. The molecule has 0 aliphatic carbocycles. The van der Waals surface area contributed by atoms with Crippen molar-refractivity contribution < 1.29 is 14.3 Å². The maximum absolute atomic E-state index is 12.6. The van der Waals surface area contributed by atoms with Gasteiger partial charge in [-0.15, -0.1) is 0 Å². The van der Waals surface area contributed by atoms with Crippen LogP contribution in [0.25, 0.3) is 0 Å². The standard InChI is InChI=1S/C21H25N3O3/c1-27-17-9-7-16(8-10-17)14-24-12-11-19(21(24)26)23-20(25)18(22)13-15-5-3-2-4-6-15/h2-10,18-19H,11-14,22H2,1H3,(H,23,25)/t18-,19?/m0/s1. The Hall–Kier alpha value is -2.86. The molecule has 0 saturated carbocycles. The topological polar surface area (TPSA) is 84.7 Å². The lowest BCUT2D eigenvalue weighted by Crippen LogP contribution is -2.49. The molecule has 142 valence electrons. The van der Waals surface area contributed by atoms with Crippen molar-refractivity contribution in [2.75, 3.05) is 13.7 Å². The lowest BCUT2D eigenvalue weighted by atomic mass is 10.1. The average molecular weight is 367 g/mol. The predicted octanol–water partition coefficient (Wildman–Crippen LogP) is 1.48. The first-order valence-corrected chi connectivity index (χ1v) is 9.08. The summed E-state index contributed by atoms with van der Waals surface area (Å²) in [5.41, 5.74) is 8.03. The largest absolute Gasteiger partial charge is 0.497 e. The normalized spacial score (nSPS) is 17.6. The maximum Gasteiger partial charge on any atom is 0.245 e. The molecule has 0 spiro atoms. The van der Waals surface area contributed by atoms with Crippen LogP contribution >= 0.6 is 0 Å². The van der Waals surface area contributed by atoms with Crippen LogP contribution in [-0.2, 0) is 22.6 Å². The predicted molar refractivity (Wildman–Crippen MR) is 103 cm³/mol. The summed E-state index contributed by atoms with van der Waals surface area (Å²) in [6.45, 7) is 1.13. The summed E-state index contributed by atoms with van der Waals surface area (Å²) in [5, 5.41) is 2.81. The number of hydrogen-bond donors (Lipinski definition) is 2. The Kier molecular flexibility index (Phi) is 6.08. The second kappa shape index (κ2) is 8.68. The van der Waals surface area contributed by atoms with Gasteiger partial charge in [-0.3, -0.25) is 9.59 Å². The zero-order chi connectivity index (χ0) is 19.2. The summed E-state index contributed by atoms with van der Waals surface area (Å²) in [6, 6.07) is 16.1. The van der Waals surface area contributed by atoms with Crippen LogP contribution in [-0.4, -0.2) is 42.5 Å². The van der Waals surface area contributed by atoms with Crippen LogP contribution in [0.3, 0.4) is 0 Å². The van der Waals surface area contributed by atoms with E-state index < -0.39 is 12.1 Å². The Balaban J connectivity index is 1.52. The molecule has 1 unspecified atom stereocenters. The first-order chi connectivity index (χ1) is 13.1. The third-order valence-corrected chi connectivity index (χ3v) is 4.78. The molecule has 1 saturated heterocycles. The van der Waals surface area contributed by atoms with Gasteiger partial charge >= 0.3 is 0 Å². The molecular weight excluding hydrogens is 342 g/mol. The second-order valence-electron chi connectivity index (χ2n) is 6.75. The fourth-order valence-corrected chi connectivity index (χ4v) is 3.22. The van der Waals surface area contributed by atoms with E-state index in [4.69, 9.17) is 10.5 Å². The van der Waals surface area contributed by atoms with Crippen LogP contribution in [0.5, 0.6) is 5.75 Å². The molecule has 3 rings (SSSR count). The number of nitrogens with zero attached hydrogens (tertiary/aromatic N) is 1. The van der Waals surface area contributed by atoms with E-state index in [1.54, 1.807) is 12.0 Å². The van der Waals surface area contributed by atoms with E-state index in [1.165, 1.54) is 0 Å². The van der Waals surface area contributed by atoms with Gasteiger partial charge in [-0.25, -0.2) is 0 Å². The zero-order valence-corrected chi connectivity index (χ0v) is 15.4. The highest BCUT2D eigenvalue weighted by Crippen LogP contribution is 2.18. The molecule has 3 N–H and O–H groups in total. The SMILES string of the molecule is COc1ccc(CN2CCC(NC(=O)[C@@H](N)Cc3ccccc3)C2=O)cc1. The Morgan fingerprint density at radius 3 is 2.56 bits per heavy atom. The molecule has 0 bridgehead atoms. The van der Waals surface area contributed by atoms with Crippen LogP contribution < -0.4 is 15.8 Å². The Bertz CT molecular complexity index is 777. The smallest absolute Gasteiger partial charge is 0.245 e.